The summed E-state index contributed by atoms with van der Waals surface area (Å²) >= 11 is 0. The van der Waals surface area contributed by atoms with Crippen molar-refractivity contribution in [3.05, 3.63) is 0 Å². The van der Waals surface area contributed by atoms with Crippen LogP contribution < -0.4 is 0 Å². The minimum absolute atomic E-state index is 0.0940. The predicted molar refractivity (Wildman–Crippen MR) is 423 cm³/mol. The largest absolute Gasteiger partial charge is 0.465 e. The summed E-state index contributed by atoms with van der Waals surface area (Å²) in [6.07, 6.45) is 68.4. The monoisotopic (exact) mass is 1420 g/mol. The van der Waals surface area contributed by atoms with Gasteiger partial charge in [0, 0.05) is 58.0 Å². The fourth-order valence-electron chi connectivity index (χ4n) is 14.9. The van der Waals surface area contributed by atoms with Crippen LogP contribution in [0, 0.1) is 0 Å². The number of unbranched alkanes of at least 4 members (excludes halogenated alkanes) is 42. The molecule has 0 aromatic carbocycles. The lowest BCUT2D eigenvalue weighted by Crippen LogP contribution is -2.42. The summed E-state index contributed by atoms with van der Waals surface area (Å²) in [4.78, 5) is 59.6. The van der Waals surface area contributed by atoms with E-state index in [0.29, 0.717) is 58.3 Å². The fraction of sp³-hybridized carbons (Fsp3) is 0.955. The van der Waals surface area contributed by atoms with Crippen LogP contribution in [-0.2, 0) is 47.6 Å². The van der Waals surface area contributed by atoms with Gasteiger partial charge in [-0.1, -0.05) is 338 Å². The van der Waals surface area contributed by atoms with Gasteiger partial charge < -0.3 is 33.3 Å². The number of carbonyl (C=O) groups is 4. The first-order valence-electron chi connectivity index (χ1n) is 44.3. The van der Waals surface area contributed by atoms with Crippen molar-refractivity contribution < 1.29 is 47.6 Å². The molecular formula is C88H170N2O10. The maximum Gasteiger partial charge on any atom is 0.323 e. The molecule has 0 saturated carbocycles. The lowest BCUT2D eigenvalue weighted by atomic mass is 9.97. The highest BCUT2D eigenvalue weighted by Gasteiger charge is 2.41. The van der Waals surface area contributed by atoms with Gasteiger partial charge in [-0.2, -0.15) is 0 Å². The Balaban J connectivity index is 3.15. The number of nitrogens with zero attached hydrogens (tertiary/aromatic N) is 2. The van der Waals surface area contributed by atoms with Crippen LogP contribution in [0.1, 0.15) is 466 Å². The lowest BCUT2D eigenvalue weighted by Gasteiger charge is -2.37. The van der Waals surface area contributed by atoms with Gasteiger partial charge in [0.25, 0.3) is 0 Å². The van der Waals surface area contributed by atoms with Crippen LogP contribution in [0.3, 0.4) is 0 Å². The second-order valence-electron chi connectivity index (χ2n) is 31.5. The molecule has 1 aliphatic rings. The number of hydrogen-bond acceptors (Lipinski definition) is 12. The summed E-state index contributed by atoms with van der Waals surface area (Å²) in [5.41, 5.74) is 0. The van der Waals surface area contributed by atoms with E-state index in [1.54, 1.807) is 0 Å². The fourth-order valence-corrected chi connectivity index (χ4v) is 14.9. The Hall–Kier alpha value is -2.28. The van der Waals surface area contributed by atoms with E-state index in [4.69, 9.17) is 28.4 Å². The van der Waals surface area contributed by atoms with E-state index >= 15 is 0 Å². The van der Waals surface area contributed by atoms with Gasteiger partial charge in [-0.05, 0) is 97.7 Å². The minimum atomic E-state index is -0.891. The van der Waals surface area contributed by atoms with Gasteiger partial charge in [0.2, 0.25) is 11.6 Å². The molecule has 1 fully saturated rings. The highest BCUT2D eigenvalue weighted by molar-refractivity contribution is 5.76. The highest BCUT2D eigenvalue weighted by Crippen LogP contribution is 2.36. The molecule has 0 radical (unpaired) electrons. The van der Waals surface area contributed by atoms with Gasteiger partial charge in [0.1, 0.15) is 12.1 Å². The molecule has 0 N–H and O–H groups in total. The second kappa shape index (κ2) is 68.5. The molecule has 0 bridgehead atoms. The highest BCUT2D eigenvalue weighted by atomic mass is 16.7. The Morgan fingerprint density at radius 3 is 1.02 bits per heavy atom. The normalized spacial score (nSPS) is 15.3. The van der Waals surface area contributed by atoms with Crippen LogP contribution in [0.4, 0.5) is 0 Å². The SMILES string of the molecule is CCCCCCCCC(CCCCCC)OC(CCCCCC)(CCCCCCCC)OC(=O)CCCCCN1CC(OC(=O)CCN(C)C)C[C@H]1C(=O)OCCCCCCCC(=O)OC(CCCCCCCC)(CCCCCCCC)OC(CCCCCCCC)CCCCCCCC. The van der Waals surface area contributed by atoms with Crippen molar-refractivity contribution in [2.45, 2.75) is 502 Å². The van der Waals surface area contributed by atoms with Crippen LogP contribution in [-0.4, -0.2) is 110 Å². The summed E-state index contributed by atoms with van der Waals surface area (Å²) in [5.74, 6) is -2.52. The zero-order valence-electron chi connectivity index (χ0n) is 68.4. The van der Waals surface area contributed by atoms with Crippen LogP contribution in [0.15, 0.2) is 0 Å². The number of rotatable bonds is 77. The molecule has 592 valence electrons. The first kappa shape index (κ1) is 95.7. The minimum Gasteiger partial charge on any atom is -0.465 e. The van der Waals surface area contributed by atoms with E-state index in [1.165, 1.54) is 212 Å². The van der Waals surface area contributed by atoms with Gasteiger partial charge in [-0.25, -0.2) is 0 Å². The summed E-state index contributed by atoms with van der Waals surface area (Å²) in [7, 11) is 3.90. The van der Waals surface area contributed by atoms with Crippen molar-refractivity contribution in [2.75, 3.05) is 40.3 Å². The molecule has 100 heavy (non-hydrogen) atoms. The summed E-state index contributed by atoms with van der Waals surface area (Å²) in [5, 5.41) is 0. The zero-order chi connectivity index (χ0) is 73.1. The molecule has 1 heterocycles. The van der Waals surface area contributed by atoms with Crippen molar-refractivity contribution in [3.8, 4) is 0 Å². The van der Waals surface area contributed by atoms with E-state index in [-0.39, 0.29) is 42.2 Å². The zero-order valence-corrected chi connectivity index (χ0v) is 68.4. The van der Waals surface area contributed by atoms with Crippen molar-refractivity contribution in [1.82, 2.24) is 9.80 Å². The van der Waals surface area contributed by atoms with E-state index in [1.807, 2.05) is 19.0 Å². The number of esters is 4. The van der Waals surface area contributed by atoms with Crippen molar-refractivity contribution in [3.63, 3.8) is 0 Å². The van der Waals surface area contributed by atoms with Crippen LogP contribution >= 0.6 is 0 Å². The maximum atomic E-state index is 14.2. The standard InChI is InChI=1S/C88H170N2O10/c1-11-19-27-35-42-52-64-79(63-51-33-25-17-7)97-87(70-57-34-26-18-8,71-58-46-38-30-22-14-4)100-85(93)68-56-50-61-74-90-78-81(96-83(91)69-75-89(9)10)77-82(90)86(94)95-76-62-49-41-45-55-67-84(92)99-88(72-59-47-39-31-23-15-5,73-60-48-40-32-24-16-6)98-80(65-53-43-36-28-20-12-2)66-54-44-37-29-21-13-3/h79-82H,11-78H2,1-10H3/t79?,81?,82-,87?/m0/s1. The van der Waals surface area contributed by atoms with Crippen molar-refractivity contribution in [1.29, 1.82) is 0 Å². The average molecular weight is 1420 g/mol. The van der Waals surface area contributed by atoms with Gasteiger partial charge in [-0.3, -0.25) is 24.1 Å². The molecule has 4 atom stereocenters. The van der Waals surface area contributed by atoms with E-state index in [9.17, 15) is 19.2 Å². The molecule has 0 spiro atoms. The van der Waals surface area contributed by atoms with E-state index < -0.39 is 17.6 Å². The molecule has 1 aliphatic heterocycles. The molecule has 0 aromatic rings. The Bertz CT molecular complexity index is 1800. The molecule has 12 nitrogen and oxygen atoms in total. The summed E-state index contributed by atoms with van der Waals surface area (Å²) in [6.45, 7) is 20.3. The Morgan fingerprint density at radius 1 is 0.360 bits per heavy atom. The lowest BCUT2D eigenvalue weighted by molar-refractivity contribution is -0.260. The molecule has 12 heteroatoms. The van der Waals surface area contributed by atoms with Gasteiger partial charge >= 0.3 is 23.9 Å². The smallest absolute Gasteiger partial charge is 0.323 e. The average Bonchev–Trinajstić information content (AvgIpc) is 1.53. The van der Waals surface area contributed by atoms with Crippen molar-refractivity contribution >= 4 is 23.9 Å². The number of likely N-dealkylation sites (tertiary alicyclic amines) is 1. The Labute approximate surface area is 620 Å². The summed E-state index contributed by atoms with van der Waals surface area (Å²) < 4.78 is 40.3. The Kier molecular flexibility index (Phi) is 65.6. The number of hydrogen-bond donors (Lipinski definition) is 0. The molecule has 0 amide bonds. The third-order valence-corrected chi connectivity index (χ3v) is 21.3. The molecule has 0 aliphatic carbocycles. The first-order valence-corrected chi connectivity index (χ1v) is 44.3. The van der Waals surface area contributed by atoms with Crippen LogP contribution in [0.25, 0.3) is 0 Å². The van der Waals surface area contributed by atoms with Gasteiger partial charge in [-0.15, -0.1) is 0 Å². The van der Waals surface area contributed by atoms with Crippen molar-refractivity contribution in [2.24, 2.45) is 0 Å². The predicted octanol–water partition coefficient (Wildman–Crippen LogP) is 26.1. The molecule has 1 rings (SSSR count). The molecule has 1 saturated heterocycles. The number of ether oxygens (including phenoxy) is 6. The number of carbonyl (C=O) groups excluding carboxylic acids is 4. The van der Waals surface area contributed by atoms with Gasteiger partial charge in [0.05, 0.1) is 25.2 Å². The maximum absolute atomic E-state index is 14.2. The molecule has 3 unspecified atom stereocenters. The molecule has 0 aromatic heterocycles. The third-order valence-electron chi connectivity index (χ3n) is 21.3. The van der Waals surface area contributed by atoms with Gasteiger partial charge in [0.15, 0.2) is 0 Å². The topological polar surface area (TPSA) is 130 Å². The van der Waals surface area contributed by atoms with Crippen LogP contribution in [0.2, 0.25) is 0 Å². The third kappa shape index (κ3) is 54.3. The quantitative estimate of drug-likeness (QED) is 0.0249. The molecular weight excluding hydrogens is 1240 g/mol. The van der Waals surface area contributed by atoms with Crippen LogP contribution in [0.5, 0.6) is 0 Å². The second-order valence-corrected chi connectivity index (χ2v) is 31.5. The Morgan fingerprint density at radius 2 is 0.660 bits per heavy atom. The first-order chi connectivity index (χ1) is 48.8. The van der Waals surface area contributed by atoms with E-state index in [2.05, 4.69) is 60.3 Å². The van der Waals surface area contributed by atoms with E-state index in [0.717, 1.165) is 167 Å². The summed E-state index contributed by atoms with van der Waals surface area (Å²) in [6, 6.07) is -0.499.